The van der Waals surface area contributed by atoms with Gasteiger partial charge in [0.15, 0.2) is 0 Å². The van der Waals surface area contributed by atoms with Crippen LogP contribution in [0.2, 0.25) is 0 Å². The van der Waals surface area contributed by atoms with Crippen molar-refractivity contribution in [2.75, 3.05) is 19.4 Å². The molecule has 4 rings (SSSR count). The Bertz CT molecular complexity index is 1180. The summed E-state index contributed by atoms with van der Waals surface area (Å²) < 4.78 is 1.90. The number of nitrogens with one attached hydrogen (secondary N) is 2. The van der Waals surface area contributed by atoms with Crippen LogP contribution in [0.25, 0.3) is 10.9 Å². The molecule has 2 aromatic heterocycles. The van der Waals surface area contributed by atoms with E-state index in [0.29, 0.717) is 5.69 Å². The SMILES string of the molecule is CN(C)C(=O)Cn1ccc2cc(NC(=O)NC(c3ccccc3)c3ccccn3)ccc21. The zero-order valence-electron chi connectivity index (χ0n) is 18.0. The Morgan fingerprint density at radius 3 is 2.50 bits per heavy atom. The summed E-state index contributed by atoms with van der Waals surface area (Å²) >= 11 is 0. The van der Waals surface area contributed by atoms with E-state index in [9.17, 15) is 9.59 Å². The Morgan fingerprint density at radius 2 is 1.78 bits per heavy atom. The zero-order chi connectivity index (χ0) is 22.5. The number of amides is 3. The third-order valence-electron chi connectivity index (χ3n) is 5.23. The number of pyridine rings is 1. The molecule has 7 heteroatoms. The number of carbonyl (C=O) groups is 2. The Morgan fingerprint density at radius 1 is 1.00 bits per heavy atom. The molecule has 0 aliphatic heterocycles. The molecule has 1 atom stereocenters. The van der Waals surface area contributed by atoms with E-state index < -0.39 is 0 Å². The molecule has 0 saturated carbocycles. The van der Waals surface area contributed by atoms with Crippen LogP contribution in [0, 0.1) is 0 Å². The topological polar surface area (TPSA) is 79.3 Å². The highest BCUT2D eigenvalue weighted by atomic mass is 16.2. The number of fused-ring (bicyclic) bond motifs is 1. The second-order valence-electron chi connectivity index (χ2n) is 7.70. The molecule has 0 spiro atoms. The summed E-state index contributed by atoms with van der Waals surface area (Å²) in [7, 11) is 3.48. The Hall–Kier alpha value is -4.13. The number of likely N-dealkylation sites (N-methyl/N-ethyl adjacent to an activating group) is 1. The minimum Gasteiger partial charge on any atom is -0.347 e. The minimum absolute atomic E-state index is 0.0190. The van der Waals surface area contributed by atoms with Crippen LogP contribution in [0.4, 0.5) is 10.5 Å². The third-order valence-corrected chi connectivity index (χ3v) is 5.23. The first-order chi connectivity index (χ1) is 15.5. The lowest BCUT2D eigenvalue weighted by Crippen LogP contribution is -2.33. The van der Waals surface area contributed by atoms with Crippen molar-refractivity contribution in [1.29, 1.82) is 0 Å². The van der Waals surface area contributed by atoms with Gasteiger partial charge in [-0.15, -0.1) is 0 Å². The van der Waals surface area contributed by atoms with Gasteiger partial charge < -0.3 is 20.1 Å². The van der Waals surface area contributed by atoms with Crippen molar-refractivity contribution < 1.29 is 9.59 Å². The molecule has 0 saturated heterocycles. The van der Waals surface area contributed by atoms with Crippen LogP contribution in [-0.4, -0.2) is 40.5 Å². The fourth-order valence-electron chi connectivity index (χ4n) is 3.52. The van der Waals surface area contributed by atoms with Gasteiger partial charge in [0, 0.05) is 43.1 Å². The predicted molar refractivity (Wildman–Crippen MR) is 125 cm³/mol. The first-order valence-corrected chi connectivity index (χ1v) is 10.3. The molecule has 0 fully saturated rings. The van der Waals surface area contributed by atoms with E-state index in [1.165, 1.54) is 0 Å². The predicted octanol–water partition coefficient (Wildman–Crippen LogP) is 4.04. The van der Waals surface area contributed by atoms with Crippen LogP contribution in [0.15, 0.2) is 85.2 Å². The van der Waals surface area contributed by atoms with Crippen molar-refractivity contribution in [2.24, 2.45) is 0 Å². The smallest absolute Gasteiger partial charge is 0.320 e. The molecular formula is C25H25N5O2. The number of anilines is 1. The second-order valence-corrected chi connectivity index (χ2v) is 7.70. The van der Waals surface area contributed by atoms with E-state index in [1.807, 2.05) is 83.6 Å². The monoisotopic (exact) mass is 427 g/mol. The molecule has 1 unspecified atom stereocenters. The number of hydrogen-bond donors (Lipinski definition) is 2. The van der Waals surface area contributed by atoms with Gasteiger partial charge in [-0.3, -0.25) is 9.78 Å². The molecule has 0 bridgehead atoms. The molecule has 7 nitrogen and oxygen atoms in total. The van der Waals surface area contributed by atoms with Gasteiger partial charge in [0.2, 0.25) is 5.91 Å². The molecule has 4 aromatic rings. The van der Waals surface area contributed by atoms with Gasteiger partial charge in [-0.25, -0.2) is 4.79 Å². The van der Waals surface area contributed by atoms with E-state index in [4.69, 9.17) is 0 Å². The van der Waals surface area contributed by atoms with Gasteiger partial charge >= 0.3 is 6.03 Å². The Kier molecular flexibility index (Phi) is 6.17. The molecule has 2 aromatic carbocycles. The summed E-state index contributed by atoms with van der Waals surface area (Å²) in [5.74, 6) is 0.0190. The second kappa shape index (κ2) is 9.34. The average molecular weight is 428 g/mol. The molecule has 2 N–H and O–H groups in total. The fourth-order valence-corrected chi connectivity index (χ4v) is 3.52. The van der Waals surface area contributed by atoms with E-state index >= 15 is 0 Å². The summed E-state index contributed by atoms with van der Waals surface area (Å²) in [6.45, 7) is 0.270. The number of benzene rings is 2. The molecule has 0 aliphatic rings. The van der Waals surface area contributed by atoms with Gasteiger partial charge in [0.1, 0.15) is 6.54 Å². The minimum atomic E-state index is -0.376. The van der Waals surface area contributed by atoms with Crippen LogP contribution in [0.1, 0.15) is 17.3 Å². The van der Waals surface area contributed by atoms with E-state index in [0.717, 1.165) is 22.2 Å². The van der Waals surface area contributed by atoms with Crippen molar-refractivity contribution in [3.8, 4) is 0 Å². The number of aromatic nitrogens is 2. The number of hydrogen-bond acceptors (Lipinski definition) is 3. The molecule has 0 aliphatic carbocycles. The number of urea groups is 1. The average Bonchev–Trinajstić information content (AvgIpc) is 3.20. The molecule has 0 radical (unpaired) electrons. The highest BCUT2D eigenvalue weighted by molar-refractivity contribution is 5.93. The molecule has 3 amide bonds. The normalized spacial score (nSPS) is 11.7. The van der Waals surface area contributed by atoms with Gasteiger partial charge in [0.25, 0.3) is 0 Å². The lowest BCUT2D eigenvalue weighted by atomic mass is 10.0. The number of carbonyl (C=O) groups excluding carboxylic acids is 2. The first kappa shape index (κ1) is 21.1. The van der Waals surface area contributed by atoms with Crippen LogP contribution in [0.3, 0.4) is 0 Å². The number of nitrogens with zero attached hydrogens (tertiary/aromatic N) is 3. The van der Waals surface area contributed by atoms with Crippen LogP contribution in [0.5, 0.6) is 0 Å². The molecule has 162 valence electrons. The van der Waals surface area contributed by atoms with E-state index in [2.05, 4.69) is 15.6 Å². The summed E-state index contributed by atoms with van der Waals surface area (Å²) in [6, 6.07) is 22.2. The summed E-state index contributed by atoms with van der Waals surface area (Å²) in [4.78, 5) is 30.8. The lowest BCUT2D eigenvalue weighted by Gasteiger charge is -2.19. The highest BCUT2D eigenvalue weighted by Crippen LogP contribution is 2.22. The third kappa shape index (κ3) is 4.78. The molecule has 2 heterocycles. The van der Waals surface area contributed by atoms with Crippen LogP contribution < -0.4 is 10.6 Å². The van der Waals surface area contributed by atoms with Crippen molar-refractivity contribution in [3.63, 3.8) is 0 Å². The fraction of sp³-hybridized carbons (Fsp3) is 0.160. The standard InChI is InChI=1S/C25H25N5O2/c1-29(2)23(31)17-30-15-13-19-16-20(11-12-22(19)30)27-25(32)28-24(18-8-4-3-5-9-18)21-10-6-7-14-26-21/h3-16,24H,17H2,1-2H3,(H2,27,28,32). The van der Waals surface area contributed by atoms with Crippen molar-refractivity contribution in [1.82, 2.24) is 19.8 Å². The maximum absolute atomic E-state index is 12.8. The maximum Gasteiger partial charge on any atom is 0.320 e. The number of rotatable bonds is 6. The van der Waals surface area contributed by atoms with E-state index in [-0.39, 0.29) is 24.5 Å². The highest BCUT2D eigenvalue weighted by Gasteiger charge is 2.18. The van der Waals surface area contributed by atoms with Crippen molar-refractivity contribution >= 4 is 28.5 Å². The quantitative estimate of drug-likeness (QED) is 0.488. The zero-order valence-corrected chi connectivity index (χ0v) is 18.0. The lowest BCUT2D eigenvalue weighted by molar-refractivity contribution is -0.129. The van der Waals surface area contributed by atoms with Gasteiger partial charge in [0.05, 0.1) is 11.7 Å². The van der Waals surface area contributed by atoms with Crippen molar-refractivity contribution in [2.45, 2.75) is 12.6 Å². The summed E-state index contributed by atoms with van der Waals surface area (Å²) in [5.41, 5.74) is 3.30. The largest absolute Gasteiger partial charge is 0.347 e. The van der Waals surface area contributed by atoms with Gasteiger partial charge in [-0.1, -0.05) is 36.4 Å². The van der Waals surface area contributed by atoms with Gasteiger partial charge in [-0.2, -0.15) is 0 Å². The molecular weight excluding hydrogens is 402 g/mol. The van der Waals surface area contributed by atoms with Gasteiger partial charge in [-0.05, 0) is 42.0 Å². The van der Waals surface area contributed by atoms with Crippen LogP contribution in [-0.2, 0) is 11.3 Å². The summed E-state index contributed by atoms with van der Waals surface area (Å²) in [5, 5.41) is 6.88. The Labute approximate surface area is 186 Å². The Balaban J connectivity index is 1.50. The van der Waals surface area contributed by atoms with Crippen LogP contribution >= 0.6 is 0 Å². The first-order valence-electron chi connectivity index (χ1n) is 10.3. The van der Waals surface area contributed by atoms with E-state index in [1.54, 1.807) is 25.2 Å². The maximum atomic E-state index is 12.8. The molecule has 32 heavy (non-hydrogen) atoms. The summed E-state index contributed by atoms with van der Waals surface area (Å²) in [6.07, 6.45) is 3.59. The van der Waals surface area contributed by atoms with Crippen molar-refractivity contribution in [3.05, 3.63) is 96.4 Å².